The molecule has 0 bridgehead atoms. The molecule has 1 aromatic rings. The Morgan fingerprint density at radius 1 is 0.963 bits per heavy atom. The zero-order chi connectivity index (χ0) is 19.4. The Kier molecular flexibility index (Phi) is 6.26. The fourth-order valence-electron chi connectivity index (χ4n) is 3.66. The largest absolute Gasteiger partial charge is 0.369 e. The lowest BCUT2D eigenvalue weighted by Gasteiger charge is -2.34. The summed E-state index contributed by atoms with van der Waals surface area (Å²) in [6, 6.07) is 7.50. The standard InChI is InChI=1S/C19H30N4O3S/c1-20-12-14-21(15-13-20)17-6-8-18(9-7-17)23(27(2,25)26)16-19(24)22-10-4-3-5-11-22/h6-9H,3-5,10-16H2,1-2H3. The van der Waals surface area contributed by atoms with E-state index in [1.54, 1.807) is 17.0 Å². The first-order valence-corrected chi connectivity index (χ1v) is 11.5. The maximum atomic E-state index is 12.6. The molecule has 0 radical (unpaired) electrons. The van der Waals surface area contributed by atoms with Crippen LogP contribution in [-0.4, -0.2) is 83.2 Å². The highest BCUT2D eigenvalue weighted by Gasteiger charge is 2.25. The number of hydrogen-bond donors (Lipinski definition) is 0. The third kappa shape index (κ3) is 5.13. The summed E-state index contributed by atoms with van der Waals surface area (Å²) in [6.07, 6.45) is 4.27. The molecule has 1 amide bonds. The highest BCUT2D eigenvalue weighted by Crippen LogP contribution is 2.24. The Balaban J connectivity index is 1.72. The van der Waals surface area contributed by atoms with Gasteiger partial charge in [0.1, 0.15) is 6.54 Å². The normalized spacial score (nSPS) is 19.2. The maximum absolute atomic E-state index is 12.6. The molecule has 1 aromatic carbocycles. The number of carbonyl (C=O) groups is 1. The molecule has 2 heterocycles. The Hall–Kier alpha value is -1.80. The van der Waals surface area contributed by atoms with E-state index in [1.165, 1.54) is 4.31 Å². The smallest absolute Gasteiger partial charge is 0.243 e. The lowest BCUT2D eigenvalue weighted by molar-refractivity contribution is -0.130. The lowest BCUT2D eigenvalue weighted by Crippen LogP contribution is -2.45. The summed E-state index contributed by atoms with van der Waals surface area (Å²) in [5.41, 5.74) is 1.63. The Morgan fingerprint density at radius 3 is 2.11 bits per heavy atom. The molecule has 7 nitrogen and oxygen atoms in total. The molecule has 27 heavy (non-hydrogen) atoms. The number of hydrogen-bond acceptors (Lipinski definition) is 5. The third-order valence-electron chi connectivity index (χ3n) is 5.39. The van der Waals surface area contributed by atoms with Gasteiger partial charge in [0.05, 0.1) is 11.9 Å². The average molecular weight is 395 g/mol. The van der Waals surface area contributed by atoms with Crippen molar-refractivity contribution in [3.63, 3.8) is 0 Å². The highest BCUT2D eigenvalue weighted by molar-refractivity contribution is 7.92. The summed E-state index contributed by atoms with van der Waals surface area (Å²) in [5.74, 6) is -0.122. The number of benzene rings is 1. The van der Waals surface area contributed by atoms with E-state index in [1.807, 2.05) is 12.1 Å². The molecule has 0 N–H and O–H groups in total. The van der Waals surface area contributed by atoms with Crippen LogP contribution in [-0.2, 0) is 14.8 Å². The quantitative estimate of drug-likeness (QED) is 0.751. The number of piperazine rings is 1. The van der Waals surface area contributed by atoms with Gasteiger partial charge in [-0.2, -0.15) is 0 Å². The van der Waals surface area contributed by atoms with E-state index in [2.05, 4.69) is 16.8 Å². The summed E-state index contributed by atoms with van der Waals surface area (Å²) in [5, 5.41) is 0. The van der Waals surface area contributed by atoms with Crippen LogP contribution in [0.5, 0.6) is 0 Å². The molecule has 0 saturated carbocycles. The second-order valence-electron chi connectivity index (χ2n) is 7.52. The van der Waals surface area contributed by atoms with E-state index < -0.39 is 10.0 Å². The van der Waals surface area contributed by atoms with Crippen molar-refractivity contribution >= 4 is 27.3 Å². The van der Waals surface area contributed by atoms with E-state index in [0.29, 0.717) is 5.69 Å². The van der Waals surface area contributed by atoms with Crippen LogP contribution < -0.4 is 9.21 Å². The first-order valence-electron chi connectivity index (χ1n) is 9.63. The number of piperidine rings is 1. The van der Waals surface area contributed by atoms with Crippen LogP contribution in [0, 0.1) is 0 Å². The second-order valence-corrected chi connectivity index (χ2v) is 9.42. The average Bonchev–Trinajstić information content (AvgIpc) is 2.66. The zero-order valence-corrected chi connectivity index (χ0v) is 17.1. The minimum atomic E-state index is -3.53. The molecule has 0 spiro atoms. The first kappa shape index (κ1) is 19.9. The topological polar surface area (TPSA) is 64.2 Å². The number of carbonyl (C=O) groups excluding carboxylic acids is 1. The number of anilines is 2. The van der Waals surface area contributed by atoms with E-state index in [4.69, 9.17) is 0 Å². The second kappa shape index (κ2) is 8.48. The summed E-state index contributed by atoms with van der Waals surface area (Å²) in [7, 11) is -1.42. The van der Waals surface area contributed by atoms with Crippen LogP contribution in [0.25, 0.3) is 0 Å². The molecule has 0 aliphatic carbocycles. The van der Waals surface area contributed by atoms with E-state index in [9.17, 15) is 13.2 Å². The van der Waals surface area contributed by atoms with Crippen molar-refractivity contribution in [3.8, 4) is 0 Å². The van der Waals surface area contributed by atoms with Crippen LogP contribution in [0.2, 0.25) is 0 Å². The monoisotopic (exact) mass is 394 g/mol. The van der Waals surface area contributed by atoms with Crippen molar-refractivity contribution < 1.29 is 13.2 Å². The van der Waals surface area contributed by atoms with E-state index in [-0.39, 0.29) is 12.5 Å². The number of likely N-dealkylation sites (tertiary alicyclic amines) is 1. The van der Waals surface area contributed by atoms with Crippen molar-refractivity contribution in [1.29, 1.82) is 0 Å². The summed E-state index contributed by atoms with van der Waals surface area (Å²) >= 11 is 0. The number of rotatable bonds is 5. The van der Waals surface area contributed by atoms with Gasteiger partial charge < -0.3 is 14.7 Å². The zero-order valence-electron chi connectivity index (χ0n) is 16.3. The van der Waals surface area contributed by atoms with Crippen LogP contribution in [0.3, 0.4) is 0 Å². The van der Waals surface area contributed by atoms with Crippen molar-refractivity contribution in [2.75, 3.05) is 68.3 Å². The van der Waals surface area contributed by atoms with Crippen molar-refractivity contribution in [1.82, 2.24) is 9.80 Å². The molecule has 2 fully saturated rings. The van der Waals surface area contributed by atoms with Crippen molar-refractivity contribution in [3.05, 3.63) is 24.3 Å². The minimum Gasteiger partial charge on any atom is -0.369 e. The number of amides is 1. The maximum Gasteiger partial charge on any atom is 0.243 e. The fourth-order valence-corrected chi connectivity index (χ4v) is 4.51. The minimum absolute atomic E-state index is 0.122. The SMILES string of the molecule is CN1CCN(c2ccc(N(CC(=O)N3CCCCC3)S(C)(=O)=O)cc2)CC1. The van der Waals surface area contributed by atoms with Gasteiger partial charge in [0, 0.05) is 45.0 Å². The highest BCUT2D eigenvalue weighted by atomic mass is 32.2. The predicted octanol–water partition coefficient (Wildman–Crippen LogP) is 1.22. The molecular weight excluding hydrogens is 364 g/mol. The number of sulfonamides is 1. The molecule has 150 valence electrons. The molecular formula is C19H30N4O3S. The number of nitrogens with zero attached hydrogens (tertiary/aromatic N) is 4. The summed E-state index contributed by atoms with van der Waals surface area (Å²) in [6.45, 7) is 5.26. The third-order valence-corrected chi connectivity index (χ3v) is 6.53. The van der Waals surface area contributed by atoms with Crippen LogP contribution in [0.1, 0.15) is 19.3 Å². The summed E-state index contributed by atoms with van der Waals surface area (Å²) < 4.78 is 25.8. The van der Waals surface area contributed by atoms with E-state index in [0.717, 1.165) is 70.5 Å². The van der Waals surface area contributed by atoms with Crippen LogP contribution in [0.4, 0.5) is 11.4 Å². The van der Waals surface area contributed by atoms with Gasteiger partial charge in [0.15, 0.2) is 0 Å². The van der Waals surface area contributed by atoms with Gasteiger partial charge in [-0.25, -0.2) is 8.42 Å². The lowest BCUT2D eigenvalue weighted by atomic mass is 10.1. The molecule has 8 heteroatoms. The Labute approximate surface area is 162 Å². The fraction of sp³-hybridized carbons (Fsp3) is 0.632. The van der Waals surface area contributed by atoms with Gasteiger partial charge in [-0.05, 0) is 50.6 Å². The van der Waals surface area contributed by atoms with E-state index >= 15 is 0 Å². The van der Waals surface area contributed by atoms with Gasteiger partial charge in [-0.3, -0.25) is 9.10 Å². The van der Waals surface area contributed by atoms with Gasteiger partial charge >= 0.3 is 0 Å². The van der Waals surface area contributed by atoms with Crippen molar-refractivity contribution in [2.24, 2.45) is 0 Å². The Morgan fingerprint density at radius 2 is 1.56 bits per heavy atom. The molecule has 0 atom stereocenters. The van der Waals surface area contributed by atoms with Crippen LogP contribution >= 0.6 is 0 Å². The summed E-state index contributed by atoms with van der Waals surface area (Å²) in [4.78, 5) is 19.0. The van der Waals surface area contributed by atoms with Gasteiger partial charge in [0.25, 0.3) is 0 Å². The molecule has 2 aliphatic rings. The molecule has 2 saturated heterocycles. The molecule has 2 aliphatic heterocycles. The van der Waals surface area contributed by atoms with Gasteiger partial charge in [-0.15, -0.1) is 0 Å². The molecule has 0 aromatic heterocycles. The predicted molar refractivity (Wildman–Crippen MR) is 109 cm³/mol. The molecule has 0 unspecified atom stereocenters. The first-order chi connectivity index (χ1) is 12.8. The van der Waals surface area contributed by atoms with Crippen LogP contribution in [0.15, 0.2) is 24.3 Å². The number of likely N-dealkylation sites (N-methyl/N-ethyl adjacent to an activating group) is 1. The molecule has 3 rings (SSSR count). The van der Waals surface area contributed by atoms with Crippen molar-refractivity contribution in [2.45, 2.75) is 19.3 Å². The van der Waals surface area contributed by atoms with Gasteiger partial charge in [-0.1, -0.05) is 0 Å². The van der Waals surface area contributed by atoms with Gasteiger partial charge in [0.2, 0.25) is 15.9 Å². The Bertz CT molecular complexity index is 737.